The molecule has 17 heavy (non-hydrogen) atoms. The highest BCUT2D eigenvalue weighted by atomic mass is 32.2. The summed E-state index contributed by atoms with van der Waals surface area (Å²) in [6.45, 7) is 1.86. The van der Waals surface area contributed by atoms with Crippen LogP contribution in [0.3, 0.4) is 0 Å². The number of rotatable bonds is 3. The molecule has 0 saturated carbocycles. The summed E-state index contributed by atoms with van der Waals surface area (Å²) in [7, 11) is 1.76. The highest BCUT2D eigenvalue weighted by molar-refractivity contribution is 7.99. The Labute approximate surface area is 106 Å². The van der Waals surface area contributed by atoms with Gasteiger partial charge in [0.1, 0.15) is 0 Å². The lowest BCUT2D eigenvalue weighted by Gasteiger charge is -2.26. The maximum absolute atomic E-state index is 12.3. The maximum atomic E-state index is 12.3. The van der Waals surface area contributed by atoms with Gasteiger partial charge in [-0.2, -0.15) is 0 Å². The fraction of sp³-hybridized carbons (Fsp3) is 0.462. The molecule has 0 fully saturated rings. The van der Waals surface area contributed by atoms with Crippen molar-refractivity contribution in [2.45, 2.75) is 23.8 Å². The van der Waals surface area contributed by atoms with Crippen LogP contribution in [-0.2, 0) is 4.79 Å². The maximum Gasteiger partial charge on any atom is 0.231 e. The molecule has 1 aliphatic heterocycles. The van der Waals surface area contributed by atoms with E-state index in [9.17, 15) is 4.79 Å². The number of thioether (sulfide) groups is 1. The number of amides is 1. The summed E-state index contributed by atoms with van der Waals surface area (Å²) < 4.78 is 0. The van der Waals surface area contributed by atoms with Crippen molar-refractivity contribution in [1.82, 2.24) is 4.90 Å². The smallest absolute Gasteiger partial charge is 0.231 e. The van der Waals surface area contributed by atoms with Crippen LogP contribution in [-0.4, -0.2) is 41.4 Å². The number of benzene rings is 1. The van der Waals surface area contributed by atoms with Crippen molar-refractivity contribution in [3.05, 3.63) is 29.8 Å². The van der Waals surface area contributed by atoms with Crippen molar-refractivity contribution in [2.75, 3.05) is 19.4 Å². The first-order valence-corrected chi connectivity index (χ1v) is 6.73. The molecule has 2 unspecified atom stereocenters. The molecule has 3 nitrogen and oxygen atoms in total. The average molecular weight is 251 g/mol. The largest absolute Gasteiger partial charge is 0.394 e. The van der Waals surface area contributed by atoms with Crippen molar-refractivity contribution in [3.63, 3.8) is 0 Å². The Bertz CT molecular complexity index is 422. The van der Waals surface area contributed by atoms with Gasteiger partial charge in [-0.15, -0.1) is 11.8 Å². The zero-order valence-electron chi connectivity index (χ0n) is 10.1. The summed E-state index contributed by atoms with van der Waals surface area (Å²) in [6, 6.07) is 7.93. The number of likely N-dealkylation sites (N-methyl/N-ethyl adjacent to an activating group) is 1. The lowest BCUT2D eigenvalue weighted by atomic mass is 9.99. The third kappa shape index (κ3) is 2.33. The number of carbonyl (C=O) groups excluding carboxylic acids is 1. The SMILES string of the molecule is CC(CO)N(C)C(=O)C1CSc2ccccc21. The molecule has 2 rings (SSSR count). The molecule has 4 heteroatoms. The highest BCUT2D eigenvalue weighted by Gasteiger charge is 2.32. The number of aliphatic hydroxyl groups excluding tert-OH is 1. The minimum Gasteiger partial charge on any atom is -0.394 e. The van der Waals surface area contributed by atoms with Gasteiger partial charge in [-0.3, -0.25) is 4.79 Å². The minimum absolute atomic E-state index is 0.00372. The Hall–Kier alpha value is -1.00. The van der Waals surface area contributed by atoms with Gasteiger partial charge in [0.2, 0.25) is 5.91 Å². The Morgan fingerprint density at radius 1 is 1.59 bits per heavy atom. The molecule has 0 aromatic heterocycles. The predicted molar refractivity (Wildman–Crippen MR) is 69.2 cm³/mol. The van der Waals surface area contributed by atoms with E-state index in [1.54, 1.807) is 23.7 Å². The summed E-state index contributed by atoms with van der Waals surface area (Å²) in [5.41, 5.74) is 1.12. The number of aliphatic hydroxyl groups is 1. The Morgan fingerprint density at radius 3 is 3.00 bits per heavy atom. The molecule has 0 spiro atoms. The van der Waals surface area contributed by atoms with Crippen LogP contribution in [0.25, 0.3) is 0 Å². The van der Waals surface area contributed by atoms with E-state index in [1.165, 1.54) is 4.90 Å². The predicted octanol–water partition coefficient (Wildman–Crippen LogP) is 1.72. The van der Waals surface area contributed by atoms with Crippen LogP contribution in [0.4, 0.5) is 0 Å². The standard InChI is InChI=1S/C13H17NO2S/c1-9(7-15)14(2)13(16)11-8-17-12-6-4-3-5-10(11)12/h3-6,9,11,15H,7-8H2,1-2H3. The van der Waals surface area contributed by atoms with Crippen LogP contribution < -0.4 is 0 Å². The molecule has 1 amide bonds. The molecule has 1 aliphatic rings. The van der Waals surface area contributed by atoms with E-state index in [4.69, 9.17) is 5.11 Å². The summed E-state index contributed by atoms with van der Waals surface area (Å²) in [5, 5.41) is 9.09. The summed E-state index contributed by atoms with van der Waals surface area (Å²) in [5.74, 6) is 0.847. The van der Waals surface area contributed by atoms with Gasteiger partial charge in [0, 0.05) is 17.7 Å². The number of nitrogens with zero attached hydrogens (tertiary/aromatic N) is 1. The number of hydrogen-bond donors (Lipinski definition) is 1. The van der Waals surface area contributed by atoms with Crippen molar-refractivity contribution in [3.8, 4) is 0 Å². The summed E-state index contributed by atoms with van der Waals surface area (Å²) in [6.07, 6.45) is 0. The van der Waals surface area contributed by atoms with E-state index >= 15 is 0 Å². The van der Waals surface area contributed by atoms with Crippen molar-refractivity contribution in [1.29, 1.82) is 0 Å². The normalized spacial score (nSPS) is 19.8. The van der Waals surface area contributed by atoms with Gasteiger partial charge in [-0.1, -0.05) is 18.2 Å². The van der Waals surface area contributed by atoms with Gasteiger partial charge >= 0.3 is 0 Å². The quantitative estimate of drug-likeness (QED) is 0.889. The van der Waals surface area contributed by atoms with Crippen LogP contribution in [0, 0.1) is 0 Å². The molecule has 0 saturated heterocycles. The van der Waals surface area contributed by atoms with Gasteiger partial charge in [0.25, 0.3) is 0 Å². The zero-order chi connectivity index (χ0) is 12.4. The fourth-order valence-electron chi connectivity index (χ4n) is 1.95. The Morgan fingerprint density at radius 2 is 2.29 bits per heavy atom. The van der Waals surface area contributed by atoms with Crippen molar-refractivity contribution in [2.24, 2.45) is 0 Å². The van der Waals surface area contributed by atoms with E-state index in [1.807, 2.05) is 25.1 Å². The minimum atomic E-state index is -0.125. The molecule has 2 atom stereocenters. The van der Waals surface area contributed by atoms with E-state index in [-0.39, 0.29) is 24.5 Å². The summed E-state index contributed by atoms with van der Waals surface area (Å²) in [4.78, 5) is 15.2. The second kappa shape index (κ2) is 5.10. The summed E-state index contributed by atoms with van der Waals surface area (Å²) >= 11 is 1.73. The van der Waals surface area contributed by atoms with Gasteiger partial charge in [0.05, 0.1) is 18.6 Å². The first-order valence-electron chi connectivity index (χ1n) is 5.74. The third-order valence-electron chi connectivity index (χ3n) is 3.27. The molecule has 0 aliphatic carbocycles. The van der Waals surface area contributed by atoms with Crippen LogP contribution >= 0.6 is 11.8 Å². The number of carbonyl (C=O) groups is 1. The molecule has 1 heterocycles. The fourth-order valence-corrected chi connectivity index (χ4v) is 3.17. The molecule has 92 valence electrons. The molecule has 0 bridgehead atoms. The first kappa shape index (κ1) is 12.5. The lowest BCUT2D eigenvalue weighted by molar-refractivity contribution is -0.133. The Balaban J connectivity index is 2.18. The van der Waals surface area contributed by atoms with Crippen LogP contribution in [0.1, 0.15) is 18.4 Å². The van der Waals surface area contributed by atoms with E-state index in [0.717, 1.165) is 11.3 Å². The van der Waals surface area contributed by atoms with Crippen molar-refractivity contribution >= 4 is 17.7 Å². The second-order valence-electron chi connectivity index (χ2n) is 4.38. The van der Waals surface area contributed by atoms with Gasteiger partial charge in [-0.25, -0.2) is 0 Å². The van der Waals surface area contributed by atoms with Crippen LogP contribution in [0.15, 0.2) is 29.2 Å². The topological polar surface area (TPSA) is 40.5 Å². The molecule has 1 aromatic rings. The molecular formula is C13H17NO2S. The lowest BCUT2D eigenvalue weighted by Crippen LogP contribution is -2.40. The van der Waals surface area contributed by atoms with Crippen LogP contribution in [0.2, 0.25) is 0 Å². The molecular weight excluding hydrogens is 234 g/mol. The van der Waals surface area contributed by atoms with E-state index in [0.29, 0.717) is 0 Å². The average Bonchev–Trinajstić information content (AvgIpc) is 2.79. The first-order chi connectivity index (χ1) is 8.15. The number of fused-ring (bicyclic) bond motifs is 1. The molecule has 1 aromatic carbocycles. The zero-order valence-corrected chi connectivity index (χ0v) is 10.9. The third-order valence-corrected chi connectivity index (χ3v) is 4.45. The molecule has 1 N–H and O–H groups in total. The van der Waals surface area contributed by atoms with E-state index < -0.39 is 0 Å². The van der Waals surface area contributed by atoms with Gasteiger partial charge in [0.15, 0.2) is 0 Å². The van der Waals surface area contributed by atoms with Gasteiger partial charge in [-0.05, 0) is 18.6 Å². The number of hydrogen-bond acceptors (Lipinski definition) is 3. The van der Waals surface area contributed by atoms with Crippen molar-refractivity contribution < 1.29 is 9.90 Å². The second-order valence-corrected chi connectivity index (χ2v) is 5.44. The van der Waals surface area contributed by atoms with Gasteiger partial charge < -0.3 is 10.0 Å². The Kier molecular flexibility index (Phi) is 3.74. The highest BCUT2D eigenvalue weighted by Crippen LogP contribution is 2.40. The van der Waals surface area contributed by atoms with E-state index in [2.05, 4.69) is 6.07 Å². The van der Waals surface area contributed by atoms with Crippen LogP contribution in [0.5, 0.6) is 0 Å². The monoisotopic (exact) mass is 251 g/mol. The molecule has 0 radical (unpaired) electrons.